The summed E-state index contributed by atoms with van der Waals surface area (Å²) in [6.07, 6.45) is -3.43. The number of nitrogens with zero attached hydrogens (tertiary/aromatic N) is 4. The number of aliphatic carboxylic acids is 1. The number of halogens is 3. The number of carboxylic acids is 1. The Bertz CT molecular complexity index is 1070. The number of alkyl halides is 3. The van der Waals surface area contributed by atoms with Gasteiger partial charge in [-0.1, -0.05) is 5.16 Å². The number of nitrogen functional groups attached to an aromatic ring is 1. The molecule has 1 aliphatic rings. The van der Waals surface area contributed by atoms with Gasteiger partial charge in [0.15, 0.2) is 11.4 Å². The largest absolute Gasteiger partial charge is 0.490 e. The first-order chi connectivity index (χ1) is 13.9. The molecule has 1 aliphatic heterocycles. The summed E-state index contributed by atoms with van der Waals surface area (Å²) in [5, 5.41) is 26.8. The van der Waals surface area contributed by atoms with Crippen LogP contribution in [0.3, 0.4) is 0 Å². The standard InChI is InChI=1S/C15H17N5O3.C2HF3O2/c1-8(2)20-10-3-4-17-14(16)12(10)13(18-20)9-5-11(23-19-9)15(21)6-22-7-15;3-2(4,5)1(6)7/h3-5,8,21H,6-7H2,1-2H3,(H2,16,17);(H,6,7). The number of fused-ring (bicyclic) bond motifs is 1. The average Bonchev–Trinajstić information content (AvgIpc) is 3.25. The van der Waals surface area contributed by atoms with E-state index in [4.69, 9.17) is 24.9 Å². The Balaban J connectivity index is 0.000000318. The zero-order chi connectivity index (χ0) is 22.3. The summed E-state index contributed by atoms with van der Waals surface area (Å²) in [4.78, 5) is 13.0. The first-order valence-corrected chi connectivity index (χ1v) is 8.64. The van der Waals surface area contributed by atoms with Crippen molar-refractivity contribution in [2.24, 2.45) is 0 Å². The number of nitrogens with two attached hydrogens (primary N) is 1. The Morgan fingerprint density at radius 2 is 2.00 bits per heavy atom. The van der Waals surface area contributed by atoms with Crippen LogP contribution in [0.4, 0.5) is 19.0 Å². The van der Waals surface area contributed by atoms with Gasteiger partial charge in [-0.25, -0.2) is 9.78 Å². The fraction of sp³-hybridized carbons (Fsp3) is 0.412. The van der Waals surface area contributed by atoms with Crippen molar-refractivity contribution in [2.75, 3.05) is 18.9 Å². The number of pyridine rings is 1. The van der Waals surface area contributed by atoms with Crippen LogP contribution in [0.5, 0.6) is 0 Å². The van der Waals surface area contributed by atoms with E-state index in [0.717, 1.165) is 10.9 Å². The maximum atomic E-state index is 10.6. The number of hydrogen-bond acceptors (Lipinski definition) is 8. The van der Waals surface area contributed by atoms with Gasteiger partial charge in [-0.2, -0.15) is 18.3 Å². The molecular formula is C17H18F3N5O5. The normalized spacial score (nSPS) is 15.6. The molecule has 0 atom stereocenters. The second-order valence-corrected chi connectivity index (χ2v) is 6.88. The summed E-state index contributed by atoms with van der Waals surface area (Å²) < 4.78 is 43.9. The van der Waals surface area contributed by atoms with Gasteiger partial charge in [-0.3, -0.25) is 4.68 Å². The topological polar surface area (TPSA) is 150 Å². The molecule has 0 unspecified atom stereocenters. The van der Waals surface area contributed by atoms with Crippen LogP contribution < -0.4 is 5.73 Å². The smallest absolute Gasteiger partial charge is 0.475 e. The minimum absolute atomic E-state index is 0.156. The Kier molecular flexibility index (Phi) is 5.43. The highest BCUT2D eigenvalue weighted by Gasteiger charge is 2.42. The number of hydrogen-bond donors (Lipinski definition) is 3. The summed E-state index contributed by atoms with van der Waals surface area (Å²) in [7, 11) is 0. The van der Waals surface area contributed by atoms with E-state index in [2.05, 4.69) is 15.2 Å². The zero-order valence-electron chi connectivity index (χ0n) is 15.8. The van der Waals surface area contributed by atoms with Gasteiger partial charge in [0.05, 0.1) is 24.1 Å². The predicted octanol–water partition coefficient (Wildman–Crippen LogP) is 2.10. The van der Waals surface area contributed by atoms with E-state index in [-0.39, 0.29) is 19.3 Å². The molecule has 1 fully saturated rings. The van der Waals surface area contributed by atoms with Crippen molar-refractivity contribution in [2.45, 2.75) is 31.7 Å². The Morgan fingerprint density at radius 3 is 2.50 bits per heavy atom. The fourth-order valence-corrected chi connectivity index (χ4v) is 2.73. The van der Waals surface area contributed by atoms with Gasteiger partial charge in [0.1, 0.15) is 17.2 Å². The summed E-state index contributed by atoms with van der Waals surface area (Å²) in [6, 6.07) is 3.71. The summed E-state index contributed by atoms with van der Waals surface area (Å²) in [5.74, 6) is -2.00. The highest BCUT2D eigenvalue weighted by Crippen LogP contribution is 2.35. The molecule has 3 aromatic heterocycles. The van der Waals surface area contributed by atoms with Crippen molar-refractivity contribution in [3.63, 3.8) is 0 Å². The van der Waals surface area contributed by atoms with Gasteiger partial charge in [0.25, 0.3) is 0 Å². The molecule has 0 bridgehead atoms. The molecule has 10 nitrogen and oxygen atoms in total. The highest BCUT2D eigenvalue weighted by atomic mass is 19.4. The van der Waals surface area contributed by atoms with E-state index in [9.17, 15) is 18.3 Å². The lowest BCUT2D eigenvalue weighted by Gasteiger charge is -2.33. The molecule has 0 radical (unpaired) electrons. The number of aliphatic hydroxyl groups is 1. The predicted molar refractivity (Wildman–Crippen MR) is 96.2 cm³/mol. The summed E-state index contributed by atoms with van der Waals surface area (Å²) in [6.45, 7) is 4.48. The third kappa shape index (κ3) is 3.93. The molecule has 0 saturated carbocycles. The van der Waals surface area contributed by atoms with Gasteiger partial charge in [0, 0.05) is 18.3 Å². The Labute approximate surface area is 167 Å². The van der Waals surface area contributed by atoms with Crippen LogP contribution in [0.25, 0.3) is 22.3 Å². The molecule has 0 amide bonds. The van der Waals surface area contributed by atoms with Crippen LogP contribution in [0.1, 0.15) is 25.6 Å². The molecular weight excluding hydrogens is 411 g/mol. The van der Waals surface area contributed by atoms with Gasteiger partial charge in [-0.15, -0.1) is 0 Å². The number of anilines is 1. The van der Waals surface area contributed by atoms with Crippen molar-refractivity contribution in [1.82, 2.24) is 19.9 Å². The molecule has 4 rings (SSSR count). The summed E-state index contributed by atoms with van der Waals surface area (Å²) >= 11 is 0. The highest BCUT2D eigenvalue weighted by molar-refractivity contribution is 5.99. The number of aromatic nitrogens is 4. The molecule has 4 heterocycles. The average molecular weight is 429 g/mol. The number of ether oxygens (including phenoxy) is 1. The quantitative estimate of drug-likeness (QED) is 0.569. The SMILES string of the molecule is CC(C)n1nc(-c2cc(C3(O)COC3)on2)c2c(N)nccc21.O=C(O)C(F)(F)F. The number of rotatable bonds is 3. The van der Waals surface area contributed by atoms with Crippen LogP contribution in [0, 0.1) is 0 Å². The van der Waals surface area contributed by atoms with E-state index in [1.807, 2.05) is 24.6 Å². The number of carbonyl (C=O) groups is 1. The van der Waals surface area contributed by atoms with Gasteiger partial charge in [0.2, 0.25) is 0 Å². The van der Waals surface area contributed by atoms with Crippen molar-refractivity contribution in [1.29, 1.82) is 0 Å². The minimum atomic E-state index is -5.08. The van der Waals surface area contributed by atoms with Crippen LogP contribution in [0.2, 0.25) is 0 Å². The van der Waals surface area contributed by atoms with Crippen molar-refractivity contribution in [3.05, 3.63) is 24.1 Å². The maximum Gasteiger partial charge on any atom is 0.490 e. The molecule has 4 N–H and O–H groups in total. The molecule has 0 aromatic carbocycles. The van der Waals surface area contributed by atoms with Crippen LogP contribution >= 0.6 is 0 Å². The van der Waals surface area contributed by atoms with Crippen molar-refractivity contribution < 1.29 is 37.4 Å². The van der Waals surface area contributed by atoms with E-state index < -0.39 is 17.7 Å². The Morgan fingerprint density at radius 1 is 1.37 bits per heavy atom. The zero-order valence-corrected chi connectivity index (χ0v) is 15.8. The summed E-state index contributed by atoms with van der Waals surface area (Å²) in [5.41, 5.74) is 6.94. The first-order valence-electron chi connectivity index (χ1n) is 8.64. The first kappa shape index (κ1) is 21.5. The second kappa shape index (κ2) is 7.57. The molecule has 0 aliphatic carbocycles. The molecule has 0 spiro atoms. The van der Waals surface area contributed by atoms with Gasteiger partial charge in [-0.05, 0) is 19.9 Å². The molecule has 3 aromatic rings. The molecule has 30 heavy (non-hydrogen) atoms. The van der Waals surface area contributed by atoms with E-state index >= 15 is 0 Å². The lowest BCUT2D eigenvalue weighted by molar-refractivity contribution is -0.195. The molecule has 162 valence electrons. The third-order valence-electron chi connectivity index (χ3n) is 4.27. The van der Waals surface area contributed by atoms with Crippen LogP contribution in [0.15, 0.2) is 22.9 Å². The number of carboxylic acid groups (broad SMARTS) is 1. The van der Waals surface area contributed by atoms with Gasteiger partial charge >= 0.3 is 12.1 Å². The Hall–Kier alpha value is -3.19. The van der Waals surface area contributed by atoms with Crippen LogP contribution in [-0.4, -0.2) is 55.5 Å². The van der Waals surface area contributed by atoms with E-state index in [0.29, 0.717) is 23.0 Å². The maximum absolute atomic E-state index is 10.6. The lowest BCUT2D eigenvalue weighted by atomic mass is 9.98. The molecule has 1 saturated heterocycles. The third-order valence-corrected chi connectivity index (χ3v) is 4.27. The van der Waals surface area contributed by atoms with Crippen molar-refractivity contribution in [3.8, 4) is 11.4 Å². The van der Waals surface area contributed by atoms with Crippen molar-refractivity contribution >= 4 is 22.7 Å². The van der Waals surface area contributed by atoms with E-state index in [1.54, 1.807) is 12.3 Å². The van der Waals surface area contributed by atoms with Crippen LogP contribution in [-0.2, 0) is 15.1 Å². The second-order valence-electron chi connectivity index (χ2n) is 6.88. The van der Waals surface area contributed by atoms with Gasteiger partial charge < -0.3 is 25.2 Å². The minimum Gasteiger partial charge on any atom is -0.475 e. The van der Waals surface area contributed by atoms with E-state index in [1.165, 1.54) is 0 Å². The molecule has 13 heteroatoms. The monoisotopic (exact) mass is 429 g/mol. The lowest BCUT2D eigenvalue weighted by Crippen LogP contribution is -2.46. The fourth-order valence-electron chi connectivity index (χ4n) is 2.73.